The van der Waals surface area contributed by atoms with Crippen molar-refractivity contribution in [1.29, 1.82) is 0 Å². The Hall–Kier alpha value is -1.03. The summed E-state index contributed by atoms with van der Waals surface area (Å²) in [6.07, 6.45) is 7.39. The maximum absolute atomic E-state index is 5.98. The van der Waals surface area contributed by atoms with Crippen LogP contribution in [0.1, 0.15) is 37.4 Å². The van der Waals surface area contributed by atoms with Crippen molar-refractivity contribution in [2.45, 2.75) is 44.7 Å². The summed E-state index contributed by atoms with van der Waals surface area (Å²) in [6, 6.07) is 1.26. The second-order valence-corrected chi connectivity index (χ2v) is 5.10. The number of piperidine rings is 1. The Bertz CT molecular complexity index is 384. The lowest BCUT2D eigenvalue weighted by Gasteiger charge is -2.32. The van der Waals surface area contributed by atoms with Gasteiger partial charge < -0.3 is 10.3 Å². The minimum absolute atomic E-state index is 0.557. The number of hydrogen-bond donors (Lipinski definition) is 1. The first-order chi connectivity index (χ1) is 7.75. The van der Waals surface area contributed by atoms with E-state index in [1.54, 1.807) is 0 Å². The molecule has 2 fully saturated rings. The van der Waals surface area contributed by atoms with E-state index < -0.39 is 0 Å². The van der Waals surface area contributed by atoms with Crippen LogP contribution in [0.3, 0.4) is 0 Å². The van der Waals surface area contributed by atoms with Crippen molar-refractivity contribution < 1.29 is 0 Å². The molecule has 2 saturated heterocycles. The highest BCUT2D eigenvalue weighted by Crippen LogP contribution is 2.36. The van der Waals surface area contributed by atoms with Gasteiger partial charge in [-0.15, -0.1) is 0 Å². The lowest BCUT2D eigenvalue weighted by Crippen LogP contribution is -2.37. The van der Waals surface area contributed by atoms with E-state index in [0.29, 0.717) is 18.0 Å². The number of nitrogens with zero attached hydrogens (tertiary/aromatic N) is 3. The quantitative estimate of drug-likeness (QED) is 0.781. The summed E-state index contributed by atoms with van der Waals surface area (Å²) < 4.78 is 2.20. The Morgan fingerprint density at radius 2 is 2.12 bits per heavy atom. The number of fused-ring (bicyclic) bond motifs is 1. The fourth-order valence-corrected chi connectivity index (χ4v) is 3.35. The minimum atomic E-state index is 0.557. The first-order valence-electron chi connectivity index (χ1n) is 6.31. The van der Waals surface area contributed by atoms with Crippen LogP contribution in [0.5, 0.6) is 0 Å². The second-order valence-electron chi connectivity index (χ2n) is 5.10. The molecule has 0 bridgehead atoms. The number of rotatable bonds is 1. The molecule has 0 aliphatic carbocycles. The zero-order valence-corrected chi connectivity index (χ0v) is 9.89. The third-order valence-corrected chi connectivity index (χ3v) is 4.06. The SMILES string of the molecule is Cc1cn(C2CCN3CCCCC23)c(N)n1. The molecule has 0 amide bonds. The number of aryl methyl sites for hydroxylation is 1. The van der Waals surface area contributed by atoms with E-state index in [1.807, 2.05) is 6.92 Å². The standard InChI is InChI=1S/C12H20N4/c1-9-8-16(12(13)14-9)11-5-7-15-6-3-2-4-10(11)15/h8,10-11H,2-7H2,1H3,(H2,13,14). The molecule has 3 rings (SSSR count). The van der Waals surface area contributed by atoms with E-state index in [-0.39, 0.29) is 0 Å². The molecule has 2 atom stereocenters. The van der Waals surface area contributed by atoms with Crippen molar-refractivity contribution in [3.05, 3.63) is 11.9 Å². The lowest BCUT2D eigenvalue weighted by atomic mass is 9.99. The van der Waals surface area contributed by atoms with Crippen LogP contribution in [-0.4, -0.2) is 33.6 Å². The Morgan fingerprint density at radius 3 is 2.88 bits per heavy atom. The predicted molar refractivity (Wildman–Crippen MR) is 64.2 cm³/mol. The Labute approximate surface area is 96.4 Å². The van der Waals surface area contributed by atoms with E-state index in [2.05, 4.69) is 20.6 Å². The van der Waals surface area contributed by atoms with Crippen molar-refractivity contribution >= 4 is 5.95 Å². The maximum Gasteiger partial charge on any atom is 0.200 e. The van der Waals surface area contributed by atoms with Crippen molar-refractivity contribution in [3.8, 4) is 0 Å². The van der Waals surface area contributed by atoms with Crippen molar-refractivity contribution in [2.24, 2.45) is 0 Å². The second kappa shape index (κ2) is 3.77. The van der Waals surface area contributed by atoms with Gasteiger partial charge >= 0.3 is 0 Å². The summed E-state index contributed by atoms with van der Waals surface area (Å²) in [5, 5.41) is 0. The highest BCUT2D eigenvalue weighted by molar-refractivity contribution is 5.23. The monoisotopic (exact) mass is 220 g/mol. The lowest BCUT2D eigenvalue weighted by molar-refractivity contribution is 0.174. The van der Waals surface area contributed by atoms with Crippen LogP contribution in [0.15, 0.2) is 6.20 Å². The average Bonchev–Trinajstić information content (AvgIpc) is 2.81. The van der Waals surface area contributed by atoms with Crippen LogP contribution in [0.4, 0.5) is 5.95 Å². The van der Waals surface area contributed by atoms with E-state index >= 15 is 0 Å². The number of anilines is 1. The topological polar surface area (TPSA) is 47.1 Å². The number of nitrogens with two attached hydrogens (primary N) is 1. The molecule has 1 aromatic rings. The van der Waals surface area contributed by atoms with Gasteiger partial charge in [-0.05, 0) is 32.7 Å². The van der Waals surface area contributed by atoms with Gasteiger partial charge in [0, 0.05) is 18.8 Å². The third kappa shape index (κ3) is 1.52. The minimum Gasteiger partial charge on any atom is -0.369 e. The molecule has 0 spiro atoms. The average molecular weight is 220 g/mol. The molecule has 88 valence electrons. The maximum atomic E-state index is 5.98. The molecule has 0 saturated carbocycles. The number of nitrogen functional groups attached to an aromatic ring is 1. The molecular formula is C12H20N4. The molecule has 1 aromatic heterocycles. The fraction of sp³-hybridized carbons (Fsp3) is 0.750. The molecule has 2 aliphatic rings. The van der Waals surface area contributed by atoms with Gasteiger partial charge in [-0.2, -0.15) is 0 Å². The van der Waals surface area contributed by atoms with Crippen LogP contribution in [0.2, 0.25) is 0 Å². The third-order valence-electron chi connectivity index (χ3n) is 4.06. The largest absolute Gasteiger partial charge is 0.369 e. The van der Waals surface area contributed by atoms with Crippen LogP contribution in [0, 0.1) is 6.92 Å². The van der Waals surface area contributed by atoms with Crippen LogP contribution in [0.25, 0.3) is 0 Å². The number of hydrogen-bond acceptors (Lipinski definition) is 3. The number of aromatic nitrogens is 2. The van der Waals surface area contributed by atoms with Gasteiger partial charge in [-0.3, -0.25) is 4.90 Å². The molecule has 4 heteroatoms. The molecule has 2 unspecified atom stereocenters. The molecule has 0 radical (unpaired) electrons. The molecule has 2 aliphatic heterocycles. The van der Waals surface area contributed by atoms with Gasteiger partial charge in [0.15, 0.2) is 0 Å². The van der Waals surface area contributed by atoms with Gasteiger partial charge in [-0.1, -0.05) is 6.42 Å². The Morgan fingerprint density at radius 1 is 1.25 bits per heavy atom. The Kier molecular flexibility index (Phi) is 2.39. The van der Waals surface area contributed by atoms with Crippen LogP contribution < -0.4 is 5.73 Å². The summed E-state index contributed by atoms with van der Waals surface area (Å²) in [6.45, 7) is 4.52. The normalized spacial score (nSPS) is 30.6. The smallest absolute Gasteiger partial charge is 0.200 e. The molecule has 16 heavy (non-hydrogen) atoms. The van der Waals surface area contributed by atoms with Gasteiger partial charge in [0.1, 0.15) is 0 Å². The van der Waals surface area contributed by atoms with E-state index in [4.69, 9.17) is 5.73 Å². The molecular weight excluding hydrogens is 200 g/mol. The van der Waals surface area contributed by atoms with Crippen LogP contribution in [-0.2, 0) is 0 Å². The summed E-state index contributed by atoms with van der Waals surface area (Å²) >= 11 is 0. The van der Waals surface area contributed by atoms with E-state index in [1.165, 1.54) is 38.8 Å². The summed E-state index contributed by atoms with van der Waals surface area (Å²) in [5.41, 5.74) is 7.01. The molecule has 0 aromatic carbocycles. The summed E-state index contributed by atoms with van der Waals surface area (Å²) in [4.78, 5) is 6.94. The van der Waals surface area contributed by atoms with Crippen molar-refractivity contribution in [1.82, 2.24) is 14.5 Å². The summed E-state index contributed by atoms with van der Waals surface area (Å²) in [5.74, 6) is 0.690. The van der Waals surface area contributed by atoms with Gasteiger partial charge in [0.2, 0.25) is 5.95 Å². The molecule has 3 heterocycles. The highest BCUT2D eigenvalue weighted by atomic mass is 15.3. The summed E-state index contributed by atoms with van der Waals surface area (Å²) in [7, 11) is 0. The van der Waals surface area contributed by atoms with E-state index in [9.17, 15) is 0 Å². The van der Waals surface area contributed by atoms with E-state index in [0.717, 1.165) is 5.69 Å². The first-order valence-corrected chi connectivity index (χ1v) is 6.31. The predicted octanol–water partition coefficient (Wildman–Crippen LogP) is 1.57. The molecule has 2 N–H and O–H groups in total. The fourth-order valence-electron chi connectivity index (χ4n) is 3.35. The zero-order chi connectivity index (χ0) is 11.1. The van der Waals surface area contributed by atoms with Gasteiger partial charge in [-0.25, -0.2) is 4.98 Å². The van der Waals surface area contributed by atoms with Crippen LogP contribution >= 0.6 is 0 Å². The zero-order valence-electron chi connectivity index (χ0n) is 9.89. The molecule has 4 nitrogen and oxygen atoms in total. The van der Waals surface area contributed by atoms with Gasteiger partial charge in [0.25, 0.3) is 0 Å². The number of imidazole rings is 1. The van der Waals surface area contributed by atoms with Crippen molar-refractivity contribution in [3.63, 3.8) is 0 Å². The first kappa shape index (κ1) is 10.1. The highest BCUT2D eigenvalue weighted by Gasteiger charge is 2.37. The van der Waals surface area contributed by atoms with Gasteiger partial charge in [0.05, 0.1) is 11.7 Å². The van der Waals surface area contributed by atoms with Crippen molar-refractivity contribution in [2.75, 3.05) is 18.8 Å². The Balaban J connectivity index is 1.87.